The van der Waals surface area contributed by atoms with Gasteiger partial charge in [0.05, 0.1) is 12.5 Å². The summed E-state index contributed by atoms with van der Waals surface area (Å²) in [5, 5.41) is 12.3. The number of aliphatic hydroxyl groups is 1. The highest BCUT2D eigenvalue weighted by Crippen LogP contribution is 2.17. The third-order valence-electron chi connectivity index (χ3n) is 3.26. The average molecular weight is 228 g/mol. The van der Waals surface area contributed by atoms with Crippen molar-refractivity contribution in [3.05, 3.63) is 0 Å². The van der Waals surface area contributed by atoms with Crippen LogP contribution in [0.25, 0.3) is 0 Å². The summed E-state index contributed by atoms with van der Waals surface area (Å²) in [5.41, 5.74) is 0. The number of aliphatic hydroxyl groups excluding tert-OH is 1. The van der Waals surface area contributed by atoms with Crippen LogP contribution in [0.3, 0.4) is 0 Å². The van der Waals surface area contributed by atoms with E-state index in [1.807, 2.05) is 13.8 Å². The molecule has 0 saturated carbocycles. The lowest BCUT2D eigenvalue weighted by Gasteiger charge is -2.33. The van der Waals surface area contributed by atoms with E-state index in [1.54, 1.807) is 4.90 Å². The van der Waals surface area contributed by atoms with Gasteiger partial charge in [-0.1, -0.05) is 0 Å². The normalized spacial score (nSPS) is 25.8. The summed E-state index contributed by atoms with van der Waals surface area (Å²) < 4.78 is 0. The van der Waals surface area contributed by atoms with Crippen LogP contribution >= 0.6 is 0 Å². The molecule has 94 valence electrons. The fourth-order valence-corrected chi connectivity index (χ4v) is 2.17. The Kier molecular flexibility index (Phi) is 5.22. The largest absolute Gasteiger partial charge is 0.395 e. The quantitative estimate of drug-likeness (QED) is 0.741. The first kappa shape index (κ1) is 13.5. The minimum absolute atomic E-state index is 0.0421. The molecule has 2 N–H and O–H groups in total. The molecule has 1 fully saturated rings. The molecular formula is C12H24N2O2. The molecule has 0 aromatic rings. The van der Waals surface area contributed by atoms with Gasteiger partial charge < -0.3 is 15.3 Å². The van der Waals surface area contributed by atoms with Crippen LogP contribution in [0.5, 0.6) is 0 Å². The number of nitrogens with one attached hydrogen (secondary N) is 1. The average Bonchev–Trinajstić information content (AvgIpc) is 2.25. The van der Waals surface area contributed by atoms with E-state index in [4.69, 9.17) is 5.11 Å². The van der Waals surface area contributed by atoms with Crippen molar-refractivity contribution < 1.29 is 9.90 Å². The van der Waals surface area contributed by atoms with Gasteiger partial charge in [0, 0.05) is 25.2 Å². The summed E-state index contributed by atoms with van der Waals surface area (Å²) in [7, 11) is 0. The van der Waals surface area contributed by atoms with Gasteiger partial charge in [0.1, 0.15) is 0 Å². The fourth-order valence-electron chi connectivity index (χ4n) is 2.17. The topological polar surface area (TPSA) is 52.6 Å². The van der Waals surface area contributed by atoms with E-state index < -0.39 is 0 Å². The van der Waals surface area contributed by atoms with Crippen LogP contribution in [0.1, 0.15) is 33.6 Å². The Bertz CT molecular complexity index is 223. The fraction of sp³-hybridized carbons (Fsp3) is 0.917. The van der Waals surface area contributed by atoms with E-state index in [1.165, 1.54) is 0 Å². The summed E-state index contributed by atoms with van der Waals surface area (Å²) in [5.74, 6) is 0.272. The summed E-state index contributed by atoms with van der Waals surface area (Å²) in [6.45, 7) is 7.39. The van der Waals surface area contributed by atoms with Crippen molar-refractivity contribution in [2.24, 2.45) is 5.92 Å². The van der Waals surface area contributed by atoms with Gasteiger partial charge in [0.2, 0.25) is 5.91 Å². The molecule has 0 bridgehead atoms. The van der Waals surface area contributed by atoms with Gasteiger partial charge in [-0.05, 0) is 33.6 Å². The summed E-state index contributed by atoms with van der Waals surface area (Å²) in [6, 6.07) is 0.688. The number of piperidine rings is 1. The number of hydrogen-bond donors (Lipinski definition) is 2. The number of nitrogens with zero attached hydrogens (tertiary/aromatic N) is 1. The molecule has 0 aromatic carbocycles. The first-order valence-corrected chi connectivity index (χ1v) is 6.21. The van der Waals surface area contributed by atoms with Gasteiger partial charge in [-0.15, -0.1) is 0 Å². The van der Waals surface area contributed by atoms with Crippen LogP contribution in [0.15, 0.2) is 0 Å². The molecule has 1 rings (SSSR count). The van der Waals surface area contributed by atoms with Crippen LogP contribution in [0, 0.1) is 5.92 Å². The van der Waals surface area contributed by atoms with Crippen molar-refractivity contribution in [1.82, 2.24) is 10.2 Å². The van der Waals surface area contributed by atoms with E-state index in [-0.39, 0.29) is 24.5 Å². The van der Waals surface area contributed by atoms with Gasteiger partial charge in [-0.2, -0.15) is 0 Å². The number of carbonyl (C=O) groups is 1. The number of carbonyl (C=O) groups excluding carboxylic acids is 1. The van der Waals surface area contributed by atoms with E-state index in [9.17, 15) is 4.79 Å². The van der Waals surface area contributed by atoms with Crippen molar-refractivity contribution in [3.63, 3.8) is 0 Å². The van der Waals surface area contributed by atoms with E-state index in [0.717, 1.165) is 19.4 Å². The molecule has 1 aliphatic heterocycles. The molecule has 1 amide bonds. The Morgan fingerprint density at radius 1 is 1.50 bits per heavy atom. The van der Waals surface area contributed by atoms with Crippen molar-refractivity contribution >= 4 is 5.91 Å². The Balaban J connectivity index is 2.53. The second kappa shape index (κ2) is 6.21. The van der Waals surface area contributed by atoms with E-state index in [0.29, 0.717) is 12.6 Å². The maximum atomic E-state index is 12.2. The lowest BCUT2D eigenvalue weighted by Crippen LogP contribution is -2.48. The molecule has 0 aliphatic carbocycles. The number of hydrogen-bond acceptors (Lipinski definition) is 3. The van der Waals surface area contributed by atoms with Gasteiger partial charge >= 0.3 is 0 Å². The van der Waals surface area contributed by atoms with Gasteiger partial charge in [-0.25, -0.2) is 0 Å². The molecule has 0 aromatic heterocycles. The van der Waals surface area contributed by atoms with Crippen molar-refractivity contribution in [1.29, 1.82) is 0 Å². The predicted molar refractivity (Wildman–Crippen MR) is 64.1 cm³/mol. The molecule has 1 saturated heterocycles. The maximum absolute atomic E-state index is 12.2. The molecule has 2 unspecified atom stereocenters. The Labute approximate surface area is 98.0 Å². The predicted octanol–water partition coefficient (Wildman–Crippen LogP) is 0.604. The second-order valence-electron chi connectivity index (χ2n) is 4.93. The number of rotatable bonds is 4. The molecule has 1 aliphatic rings. The molecule has 16 heavy (non-hydrogen) atoms. The minimum Gasteiger partial charge on any atom is -0.395 e. The van der Waals surface area contributed by atoms with Gasteiger partial charge in [0.15, 0.2) is 0 Å². The van der Waals surface area contributed by atoms with Gasteiger partial charge in [-0.3, -0.25) is 4.79 Å². The SMILES string of the molecule is CC1CCC(C(=O)N(CCO)C(C)C)CN1. The molecule has 0 spiro atoms. The minimum atomic E-state index is 0.0421. The maximum Gasteiger partial charge on any atom is 0.227 e. The van der Waals surface area contributed by atoms with Crippen LogP contribution in [0.2, 0.25) is 0 Å². The zero-order valence-corrected chi connectivity index (χ0v) is 10.6. The highest BCUT2D eigenvalue weighted by atomic mass is 16.3. The first-order valence-electron chi connectivity index (χ1n) is 6.21. The molecule has 4 nitrogen and oxygen atoms in total. The summed E-state index contributed by atoms with van der Waals surface area (Å²) >= 11 is 0. The van der Waals surface area contributed by atoms with Crippen LogP contribution in [0.4, 0.5) is 0 Å². The molecule has 2 atom stereocenters. The van der Waals surface area contributed by atoms with Gasteiger partial charge in [0.25, 0.3) is 0 Å². The smallest absolute Gasteiger partial charge is 0.227 e. The van der Waals surface area contributed by atoms with E-state index >= 15 is 0 Å². The Hall–Kier alpha value is -0.610. The van der Waals surface area contributed by atoms with Crippen LogP contribution in [-0.2, 0) is 4.79 Å². The highest BCUT2D eigenvalue weighted by molar-refractivity contribution is 5.79. The second-order valence-corrected chi connectivity index (χ2v) is 4.93. The zero-order valence-electron chi connectivity index (χ0n) is 10.6. The first-order chi connectivity index (χ1) is 7.56. The summed E-state index contributed by atoms with van der Waals surface area (Å²) in [6.07, 6.45) is 2.02. The molecule has 1 heterocycles. The molecule has 4 heteroatoms. The van der Waals surface area contributed by atoms with Crippen molar-refractivity contribution in [2.75, 3.05) is 19.7 Å². The van der Waals surface area contributed by atoms with Crippen LogP contribution < -0.4 is 5.32 Å². The molecular weight excluding hydrogens is 204 g/mol. The molecule has 0 radical (unpaired) electrons. The van der Waals surface area contributed by atoms with Crippen molar-refractivity contribution in [3.8, 4) is 0 Å². The third-order valence-corrected chi connectivity index (χ3v) is 3.26. The Morgan fingerprint density at radius 3 is 2.62 bits per heavy atom. The lowest BCUT2D eigenvalue weighted by atomic mass is 9.94. The van der Waals surface area contributed by atoms with Crippen molar-refractivity contribution in [2.45, 2.75) is 45.7 Å². The monoisotopic (exact) mass is 228 g/mol. The third kappa shape index (κ3) is 3.46. The number of amides is 1. The zero-order chi connectivity index (χ0) is 12.1. The lowest BCUT2D eigenvalue weighted by molar-refractivity contribution is -0.138. The van der Waals surface area contributed by atoms with E-state index in [2.05, 4.69) is 12.2 Å². The standard InChI is InChI=1S/C12H24N2O2/c1-9(2)14(6-7-15)12(16)11-5-4-10(3)13-8-11/h9-11,13,15H,4-8H2,1-3H3. The highest BCUT2D eigenvalue weighted by Gasteiger charge is 2.28. The Morgan fingerprint density at radius 2 is 2.19 bits per heavy atom. The summed E-state index contributed by atoms with van der Waals surface area (Å²) in [4.78, 5) is 14.0. The van der Waals surface area contributed by atoms with Crippen LogP contribution in [-0.4, -0.2) is 47.7 Å².